The molecule has 0 radical (unpaired) electrons. The Morgan fingerprint density at radius 3 is 2.21 bits per heavy atom. The van der Waals surface area contributed by atoms with Gasteiger partial charge in [-0.15, -0.1) is 0 Å². The fourth-order valence-electron chi connectivity index (χ4n) is 4.38. The fraction of sp³-hybridized carbons (Fsp3) is 1.00. The molecule has 1 aliphatic heterocycles. The van der Waals surface area contributed by atoms with Crippen LogP contribution in [-0.4, -0.2) is 24.8 Å². The molecule has 0 bridgehead atoms. The summed E-state index contributed by atoms with van der Waals surface area (Å²) in [5.74, 6) is 0.826. The summed E-state index contributed by atoms with van der Waals surface area (Å²) in [5.41, 5.74) is 0.596. The average molecular weight is 267 g/mol. The summed E-state index contributed by atoms with van der Waals surface area (Å²) in [5, 5.41) is 3.89. The molecule has 1 saturated carbocycles. The second-order valence-corrected chi connectivity index (χ2v) is 7.61. The molecule has 0 aromatic heterocycles. The zero-order valence-electron chi connectivity index (χ0n) is 13.4. The minimum absolute atomic E-state index is 0.422. The first-order valence-corrected chi connectivity index (χ1v) is 8.38. The van der Waals surface area contributed by atoms with Gasteiger partial charge in [-0.05, 0) is 57.3 Å². The molecule has 0 amide bonds. The van der Waals surface area contributed by atoms with Crippen molar-refractivity contribution in [3.63, 3.8) is 0 Å². The molecule has 112 valence electrons. The molecule has 2 atom stereocenters. The maximum absolute atomic E-state index is 5.84. The molecule has 2 fully saturated rings. The van der Waals surface area contributed by atoms with Crippen molar-refractivity contribution in [1.82, 2.24) is 5.32 Å². The zero-order valence-corrected chi connectivity index (χ0v) is 13.4. The van der Waals surface area contributed by atoms with Crippen LogP contribution in [0.25, 0.3) is 0 Å². The van der Waals surface area contributed by atoms with Gasteiger partial charge < -0.3 is 10.1 Å². The van der Waals surface area contributed by atoms with Crippen LogP contribution in [0, 0.1) is 11.3 Å². The molecule has 19 heavy (non-hydrogen) atoms. The van der Waals surface area contributed by atoms with Crippen molar-refractivity contribution in [2.45, 2.75) is 90.9 Å². The predicted octanol–water partition coefficient (Wildman–Crippen LogP) is 4.14. The number of rotatable bonds is 5. The maximum atomic E-state index is 5.84. The van der Waals surface area contributed by atoms with Crippen molar-refractivity contribution in [3.8, 4) is 0 Å². The molecule has 1 heterocycles. The number of nitrogens with one attached hydrogen (secondary N) is 1. The molecule has 2 heteroatoms. The summed E-state index contributed by atoms with van der Waals surface area (Å²) in [7, 11) is 0. The van der Waals surface area contributed by atoms with Crippen LogP contribution < -0.4 is 5.32 Å². The number of hydrogen-bond acceptors (Lipinski definition) is 2. The van der Waals surface area contributed by atoms with E-state index >= 15 is 0 Å². The first-order valence-electron chi connectivity index (χ1n) is 8.38. The lowest BCUT2D eigenvalue weighted by molar-refractivity contribution is -0.0435. The van der Waals surface area contributed by atoms with Crippen LogP contribution in [0.1, 0.15) is 72.6 Å². The van der Waals surface area contributed by atoms with Gasteiger partial charge in [0.2, 0.25) is 0 Å². The van der Waals surface area contributed by atoms with E-state index in [4.69, 9.17) is 4.74 Å². The van der Waals surface area contributed by atoms with Crippen molar-refractivity contribution in [1.29, 1.82) is 0 Å². The quantitative estimate of drug-likeness (QED) is 0.808. The van der Waals surface area contributed by atoms with E-state index in [0.29, 0.717) is 23.7 Å². The van der Waals surface area contributed by atoms with Crippen molar-refractivity contribution >= 4 is 0 Å². The summed E-state index contributed by atoms with van der Waals surface area (Å²) in [6.45, 7) is 10.4. The molecule has 0 spiro atoms. The Balaban J connectivity index is 1.85. The van der Waals surface area contributed by atoms with E-state index in [9.17, 15) is 0 Å². The standard InChI is InChI=1S/C17H33NO/c1-13(2)11-17(7-5-6-8-17)12-18-16-9-14(3)19-15(4)10-16/h13-16,18H,5-12H2,1-4H3. The van der Waals surface area contributed by atoms with Crippen LogP contribution >= 0.6 is 0 Å². The Morgan fingerprint density at radius 1 is 1.11 bits per heavy atom. The highest BCUT2D eigenvalue weighted by Gasteiger charge is 2.35. The third-order valence-electron chi connectivity index (χ3n) is 4.97. The van der Waals surface area contributed by atoms with Gasteiger partial charge in [0.15, 0.2) is 0 Å². The second kappa shape index (κ2) is 6.58. The molecule has 2 unspecified atom stereocenters. The smallest absolute Gasteiger partial charge is 0.0565 e. The van der Waals surface area contributed by atoms with Crippen molar-refractivity contribution in [2.75, 3.05) is 6.54 Å². The normalized spacial score (nSPS) is 34.9. The molecular formula is C17H33NO. The zero-order chi connectivity index (χ0) is 13.9. The molecule has 0 aromatic rings. The Labute approximate surface area is 119 Å². The summed E-state index contributed by atoms with van der Waals surface area (Å²) < 4.78 is 5.84. The summed E-state index contributed by atoms with van der Waals surface area (Å²) in [6.07, 6.45) is 10.4. The number of ether oxygens (including phenoxy) is 1. The van der Waals surface area contributed by atoms with Gasteiger partial charge in [0, 0.05) is 12.6 Å². The van der Waals surface area contributed by atoms with Gasteiger partial charge in [-0.1, -0.05) is 26.7 Å². The second-order valence-electron chi connectivity index (χ2n) is 7.61. The topological polar surface area (TPSA) is 21.3 Å². The summed E-state index contributed by atoms with van der Waals surface area (Å²) in [6, 6.07) is 0.670. The van der Waals surface area contributed by atoms with E-state index in [1.807, 2.05) is 0 Å². The lowest BCUT2D eigenvalue weighted by atomic mass is 9.78. The molecule has 2 rings (SSSR count). The van der Waals surface area contributed by atoms with Crippen molar-refractivity contribution in [2.24, 2.45) is 11.3 Å². The third-order valence-corrected chi connectivity index (χ3v) is 4.97. The molecule has 2 nitrogen and oxygen atoms in total. The third kappa shape index (κ3) is 4.46. The van der Waals surface area contributed by atoms with Gasteiger partial charge in [0.25, 0.3) is 0 Å². The van der Waals surface area contributed by atoms with E-state index in [-0.39, 0.29) is 0 Å². The highest BCUT2D eigenvalue weighted by atomic mass is 16.5. The summed E-state index contributed by atoms with van der Waals surface area (Å²) in [4.78, 5) is 0. The Bertz CT molecular complexity index is 260. The highest BCUT2D eigenvalue weighted by Crippen LogP contribution is 2.42. The molecular weight excluding hydrogens is 234 g/mol. The highest BCUT2D eigenvalue weighted by molar-refractivity contribution is 4.89. The van der Waals surface area contributed by atoms with Crippen LogP contribution in [0.15, 0.2) is 0 Å². The predicted molar refractivity (Wildman–Crippen MR) is 81.4 cm³/mol. The van der Waals surface area contributed by atoms with E-state index in [0.717, 1.165) is 5.92 Å². The first-order chi connectivity index (χ1) is 8.99. The lowest BCUT2D eigenvalue weighted by Gasteiger charge is -2.37. The van der Waals surface area contributed by atoms with Gasteiger partial charge in [-0.2, -0.15) is 0 Å². The van der Waals surface area contributed by atoms with Crippen LogP contribution in [0.4, 0.5) is 0 Å². The maximum Gasteiger partial charge on any atom is 0.0565 e. The largest absolute Gasteiger partial charge is 0.375 e. The van der Waals surface area contributed by atoms with E-state index < -0.39 is 0 Å². The molecule has 1 saturated heterocycles. The molecule has 2 aliphatic rings. The minimum Gasteiger partial charge on any atom is -0.375 e. The van der Waals surface area contributed by atoms with Crippen LogP contribution in [0.5, 0.6) is 0 Å². The lowest BCUT2D eigenvalue weighted by Crippen LogP contribution is -2.45. The van der Waals surface area contributed by atoms with Crippen LogP contribution in [-0.2, 0) is 4.74 Å². The van der Waals surface area contributed by atoms with Crippen LogP contribution in [0.2, 0.25) is 0 Å². The Morgan fingerprint density at radius 2 is 1.68 bits per heavy atom. The summed E-state index contributed by atoms with van der Waals surface area (Å²) >= 11 is 0. The first kappa shape index (κ1) is 15.3. The van der Waals surface area contributed by atoms with E-state index in [1.165, 1.54) is 51.5 Å². The Hall–Kier alpha value is -0.0800. The van der Waals surface area contributed by atoms with Crippen molar-refractivity contribution in [3.05, 3.63) is 0 Å². The van der Waals surface area contributed by atoms with E-state index in [1.54, 1.807) is 0 Å². The van der Waals surface area contributed by atoms with Crippen LogP contribution in [0.3, 0.4) is 0 Å². The van der Waals surface area contributed by atoms with Gasteiger partial charge in [-0.3, -0.25) is 0 Å². The Kier molecular flexibility index (Phi) is 5.30. The fourth-order valence-corrected chi connectivity index (χ4v) is 4.38. The molecule has 1 aliphatic carbocycles. The molecule has 1 N–H and O–H groups in total. The average Bonchev–Trinajstić information content (AvgIpc) is 2.73. The van der Waals surface area contributed by atoms with Crippen molar-refractivity contribution < 1.29 is 4.74 Å². The van der Waals surface area contributed by atoms with Gasteiger partial charge in [-0.25, -0.2) is 0 Å². The minimum atomic E-state index is 0.422. The monoisotopic (exact) mass is 267 g/mol. The van der Waals surface area contributed by atoms with Gasteiger partial charge in [0.05, 0.1) is 12.2 Å². The van der Waals surface area contributed by atoms with Gasteiger partial charge in [0.1, 0.15) is 0 Å². The SMILES string of the molecule is CC(C)CC1(CNC2CC(C)OC(C)C2)CCCC1. The molecule has 0 aromatic carbocycles. The van der Waals surface area contributed by atoms with Gasteiger partial charge >= 0.3 is 0 Å². The van der Waals surface area contributed by atoms with E-state index in [2.05, 4.69) is 33.0 Å². The number of hydrogen-bond donors (Lipinski definition) is 1.